The Hall–Kier alpha value is -3.17. The van der Waals surface area contributed by atoms with Gasteiger partial charge in [0.05, 0.1) is 22.5 Å². The molecule has 36 heavy (non-hydrogen) atoms. The molecule has 0 N–H and O–H groups in total. The number of carbonyl (C=O) groups excluding carboxylic acids is 1. The van der Waals surface area contributed by atoms with Crippen LogP contribution in [-0.4, -0.2) is 81.3 Å². The Morgan fingerprint density at radius 1 is 1.00 bits per heavy atom. The van der Waals surface area contributed by atoms with Crippen LogP contribution in [-0.2, 0) is 4.79 Å². The van der Waals surface area contributed by atoms with Crippen LogP contribution in [0, 0.1) is 6.92 Å². The van der Waals surface area contributed by atoms with E-state index in [2.05, 4.69) is 56.7 Å². The topological polar surface area (TPSA) is 69.3 Å². The fourth-order valence-electron chi connectivity index (χ4n) is 5.21. The van der Waals surface area contributed by atoms with Crippen LogP contribution in [0.3, 0.4) is 0 Å². The second kappa shape index (κ2) is 9.71. The Bertz CT molecular complexity index is 1360. The molecule has 2 aromatic heterocycles. The summed E-state index contributed by atoms with van der Waals surface area (Å²) in [5.74, 6) is -0.180. The van der Waals surface area contributed by atoms with E-state index in [0.717, 1.165) is 86.4 Å². The Morgan fingerprint density at radius 2 is 1.81 bits per heavy atom. The van der Waals surface area contributed by atoms with Gasteiger partial charge in [0.1, 0.15) is 0 Å². The van der Waals surface area contributed by atoms with Gasteiger partial charge >= 0.3 is 0 Å². The van der Waals surface area contributed by atoms with Crippen LogP contribution >= 0.6 is 11.8 Å². The van der Waals surface area contributed by atoms with E-state index >= 15 is 0 Å². The van der Waals surface area contributed by atoms with Gasteiger partial charge in [-0.2, -0.15) is 10.1 Å². The van der Waals surface area contributed by atoms with E-state index in [-0.39, 0.29) is 5.91 Å². The lowest BCUT2D eigenvalue weighted by atomic mass is 10.1. The molecule has 0 unspecified atom stereocenters. The van der Waals surface area contributed by atoms with Crippen LogP contribution in [0.2, 0.25) is 0 Å². The highest BCUT2D eigenvalue weighted by Crippen LogP contribution is 2.32. The molecule has 186 valence electrons. The third-order valence-electron chi connectivity index (χ3n) is 7.30. The van der Waals surface area contributed by atoms with Crippen LogP contribution in [0.15, 0.2) is 46.4 Å². The summed E-state index contributed by atoms with van der Waals surface area (Å²) in [6.07, 6.45) is 6.03. The normalized spacial score (nSPS) is 20.2. The minimum absolute atomic E-state index is 0.180. The highest BCUT2D eigenvalue weighted by atomic mass is 32.2. The number of likely N-dealkylation sites (N-methyl/N-ethyl adjacent to an activating group) is 1. The van der Waals surface area contributed by atoms with E-state index in [1.54, 1.807) is 0 Å². The number of hydrogen-bond acceptors (Lipinski definition) is 7. The molecule has 1 amide bonds. The number of anilines is 1. The molecule has 3 aromatic rings. The second-order valence-electron chi connectivity index (χ2n) is 9.60. The van der Waals surface area contributed by atoms with Gasteiger partial charge in [-0.25, -0.2) is 9.50 Å². The van der Waals surface area contributed by atoms with Crippen molar-refractivity contribution in [3.63, 3.8) is 0 Å². The highest BCUT2D eigenvalue weighted by molar-refractivity contribution is 8.18. The number of piperazine rings is 1. The molecule has 0 radical (unpaired) electrons. The lowest BCUT2D eigenvalue weighted by molar-refractivity contribution is -0.113. The minimum Gasteiger partial charge on any atom is -0.369 e. The SMILES string of the molecule is CCN1CCN(c2ccc(-c3cnc4ccc(C=C5SC(N6CCCC6)=NC5=O)nn34)cc2C)CC1. The second-order valence-corrected chi connectivity index (χ2v) is 10.6. The van der Waals surface area contributed by atoms with Crippen molar-refractivity contribution in [2.45, 2.75) is 26.7 Å². The number of amidine groups is 1. The third-order valence-corrected chi connectivity index (χ3v) is 8.34. The average molecular weight is 502 g/mol. The predicted octanol–water partition coefficient (Wildman–Crippen LogP) is 3.91. The fourth-order valence-corrected chi connectivity index (χ4v) is 6.16. The summed E-state index contributed by atoms with van der Waals surface area (Å²) >= 11 is 1.45. The number of rotatable bonds is 4. The van der Waals surface area contributed by atoms with Gasteiger partial charge in [0.25, 0.3) is 5.91 Å². The lowest BCUT2D eigenvalue weighted by Crippen LogP contribution is -2.46. The van der Waals surface area contributed by atoms with Crippen molar-refractivity contribution in [1.82, 2.24) is 24.4 Å². The number of aryl methyl sites for hydroxylation is 1. The smallest absolute Gasteiger partial charge is 0.286 e. The van der Waals surface area contributed by atoms with Crippen molar-refractivity contribution < 1.29 is 4.79 Å². The standard InChI is InChI=1S/C27H31N7OS/c1-3-31-12-14-32(15-13-31)22-8-6-20(16-19(22)2)23-18-28-25-9-7-21(30-34(23)25)17-24-26(35)29-27(36-24)33-10-4-5-11-33/h6-9,16-18H,3-5,10-15H2,1-2H3. The number of hydrogen-bond donors (Lipinski definition) is 0. The first-order valence-corrected chi connectivity index (χ1v) is 13.6. The molecular weight excluding hydrogens is 470 g/mol. The third kappa shape index (κ3) is 4.41. The zero-order valence-corrected chi connectivity index (χ0v) is 21.7. The maximum atomic E-state index is 12.5. The molecule has 5 heterocycles. The molecule has 0 bridgehead atoms. The number of fused-ring (bicyclic) bond motifs is 1. The molecule has 0 spiro atoms. The zero-order chi connectivity index (χ0) is 24.6. The molecule has 0 aliphatic carbocycles. The van der Waals surface area contributed by atoms with E-state index < -0.39 is 0 Å². The number of aromatic nitrogens is 3. The van der Waals surface area contributed by atoms with Gasteiger partial charge in [0.15, 0.2) is 10.8 Å². The Labute approximate surface area is 215 Å². The molecule has 9 heteroatoms. The van der Waals surface area contributed by atoms with E-state index in [4.69, 9.17) is 5.10 Å². The van der Waals surface area contributed by atoms with E-state index in [9.17, 15) is 4.79 Å². The number of aliphatic imine (C=N–C) groups is 1. The van der Waals surface area contributed by atoms with E-state index in [0.29, 0.717) is 4.91 Å². The number of carbonyl (C=O) groups is 1. The van der Waals surface area contributed by atoms with Gasteiger partial charge in [-0.05, 0) is 74.0 Å². The first kappa shape index (κ1) is 23.2. The summed E-state index contributed by atoms with van der Waals surface area (Å²) in [6, 6.07) is 10.5. The first-order chi connectivity index (χ1) is 17.6. The predicted molar refractivity (Wildman–Crippen MR) is 146 cm³/mol. The van der Waals surface area contributed by atoms with Crippen molar-refractivity contribution in [2.24, 2.45) is 4.99 Å². The number of imidazole rings is 1. The van der Waals surface area contributed by atoms with Crippen LogP contribution in [0.4, 0.5) is 5.69 Å². The summed E-state index contributed by atoms with van der Waals surface area (Å²) in [5, 5.41) is 5.64. The summed E-state index contributed by atoms with van der Waals surface area (Å²) < 4.78 is 1.87. The molecule has 8 nitrogen and oxygen atoms in total. The number of amides is 1. The van der Waals surface area contributed by atoms with Gasteiger partial charge < -0.3 is 14.7 Å². The quantitative estimate of drug-likeness (QED) is 0.502. The number of likely N-dealkylation sites (tertiary alicyclic amines) is 1. The van der Waals surface area contributed by atoms with E-state index in [1.165, 1.54) is 23.0 Å². The molecular formula is C27H31N7OS. The number of benzene rings is 1. The number of nitrogens with zero attached hydrogens (tertiary/aromatic N) is 7. The average Bonchev–Trinajstić information content (AvgIpc) is 3.65. The Morgan fingerprint density at radius 3 is 2.56 bits per heavy atom. The van der Waals surface area contributed by atoms with Crippen molar-refractivity contribution in [1.29, 1.82) is 0 Å². The molecule has 6 rings (SSSR count). The number of thioether (sulfide) groups is 1. The summed E-state index contributed by atoms with van der Waals surface area (Å²) in [4.78, 5) is 29.2. The Balaban J connectivity index is 1.25. The van der Waals surface area contributed by atoms with Crippen LogP contribution in [0.1, 0.15) is 31.0 Å². The van der Waals surface area contributed by atoms with Gasteiger partial charge in [0, 0.05) is 50.5 Å². The zero-order valence-electron chi connectivity index (χ0n) is 20.9. The van der Waals surface area contributed by atoms with Crippen molar-refractivity contribution in [2.75, 3.05) is 50.7 Å². The summed E-state index contributed by atoms with van der Waals surface area (Å²) in [7, 11) is 0. The van der Waals surface area contributed by atoms with E-state index in [1.807, 2.05) is 28.9 Å². The van der Waals surface area contributed by atoms with Gasteiger partial charge in [-0.15, -0.1) is 0 Å². The fraction of sp³-hybridized carbons (Fsp3) is 0.407. The molecule has 1 aromatic carbocycles. The van der Waals surface area contributed by atoms with Gasteiger partial charge in [-0.3, -0.25) is 4.79 Å². The van der Waals surface area contributed by atoms with Gasteiger partial charge in [0.2, 0.25) is 0 Å². The van der Waals surface area contributed by atoms with Crippen molar-refractivity contribution in [3.05, 3.63) is 52.7 Å². The Kier molecular flexibility index (Phi) is 6.27. The van der Waals surface area contributed by atoms with Crippen LogP contribution < -0.4 is 4.90 Å². The largest absolute Gasteiger partial charge is 0.369 e. The molecule has 0 saturated carbocycles. The molecule has 3 aliphatic heterocycles. The minimum atomic E-state index is -0.180. The summed E-state index contributed by atoms with van der Waals surface area (Å²) in [5.41, 5.74) is 6.08. The van der Waals surface area contributed by atoms with Gasteiger partial charge in [-0.1, -0.05) is 13.0 Å². The van der Waals surface area contributed by atoms with Crippen LogP contribution in [0.5, 0.6) is 0 Å². The maximum absolute atomic E-state index is 12.5. The van der Waals surface area contributed by atoms with Crippen molar-refractivity contribution in [3.8, 4) is 11.3 Å². The molecule has 3 aliphatic rings. The lowest BCUT2D eigenvalue weighted by Gasteiger charge is -2.36. The highest BCUT2D eigenvalue weighted by Gasteiger charge is 2.28. The van der Waals surface area contributed by atoms with Crippen LogP contribution in [0.25, 0.3) is 23.0 Å². The first-order valence-electron chi connectivity index (χ1n) is 12.8. The molecule has 2 fully saturated rings. The molecule has 2 saturated heterocycles. The summed E-state index contributed by atoms with van der Waals surface area (Å²) in [6.45, 7) is 11.8. The monoisotopic (exact) mass is 501 g/mol. The molecule has 0 atom stereocenters. The van der Waals surface area contributed by atoms with Crippen molar-refractivity contribution >= 4 is 40.2 Å². The maximum Gasteiger partial charge on any atom is 0.286 e.